The number of hydrogen-bond donors (Lipinski definition) is 1. The van der Waals surface area contributed by atoms with Crippen molar-refractivity contribution >= 4 is 38.2 Å². The monoisotopic (exact) mass is 517 g/mol. The highest BCUT2D eigenvalue weighted by molar-refractivity contribution is 7.89. The Morgan fingerprint density at radius 1 is 1.00 bits per heavy atom. The molecule has 5 rings (SSSR count). The molecule has 2 aromatic heterocycles. The highest BCUT2D eigenvalue weighted by Gasteiger charge is 2.27. The van der Waals surface area contributed by atoms with Gasteiger partial charge in [-0.15, -0.1) is 0 Å². The van der Waals surface area contributed by atoms with E-state index < -0.39 is 10.0 Å². The molecule has 1 N–H and O–H groups in total. The molecule has 4 aromatic rings. The van der Waals surface area contributed by atoms with Crippen molar-refractivity contribution in [3.8, 4) is 11.3 Å². The van der Waals surface area contributed by atoms with Crippen molar-refractivity contribution in [2.75, 3.05) is 43.5 Å². The number of aryl methyl sites for hydroxylation is 1. The van der Waals surface area contributed by atoms with Crippen LogP contribution in [0.3, 0.4) is 0 Å². The molecule has 0 spiro atoms. The van der Waals surface area contributed by atoms with Gasteiger partial charge in [-0.05, 0) is 67.8 Å². The van der Waals surface area contributed by atoms with Crippen LogP contribution in [-0.2, 0) is 14.8 Å². The maximum absolute atomic E-state index is 13.6. The van der Waals surface area contributed by atoms with Gasteiger partial charge in [0.2, 0.25) is 15.9 Å². The fourth-order valence-corrected chi connectivity index (χ4v) is 5.93. The number of carbonyl (C=O) groups is 1. The second-order valence-corrected chi connectivity index (χ2v) is 11.6. The average molecular weight is 518 g/mol. The van der Waals surface area contributed by atoms with Crippen LogP contribution < -0.4 is 9.80 Å². The van der Waals surface area contributed by atoms with E-state index in [1.54, 1.807) is 43.7 Å². The zero-order valence-corrected chi connectivity index (χ0v) is 22.1. The zero-order valence-electron chi connectivity index (χ0n) is 21.3. The Morgan fingerprint density at radius 2 is 1.73 bits per heavy atom. The first kappa shape index (κ1) is 25.0. The Bertz CT molecular complexity index is 1540. The molecule has 0 atom stereocenters. The standard InChI is InChI=1S/C28H31N5O3S/c1-20-6-7-21-17-26(30-25(21)16-20)24-18-23(8-9-27(24)33-14-4-5-15-33)37(35,36)31(2)19-28(34)32(3)22-10-12-29-13-11-22/h6-13,16-18,30H,4-5,14-15,19H2,1-3H3. The van der Waals surface area contributed by atoms with Gasteiger partial charge in [0.25, 0.3) is 0 Å². The maximum Gasteiger partial charge on any atom is 0.243 e. The van der Waals surface area contributed by atoms with E-state index in [1.165, 1.54) is 11.9 Å². The van der Waals surface area contributed by atoms with E-state index in [2.05, 4.69) is 39.1 Å². The first-order valence-electron chi connectivity index (χ1n) is 12.4. The predicted octanol–water partition coefficient (Wildman–Crippen LogP) is 4.42. The summed E-state index contributed by atoms with van der Waals surface area (Å²) < 4.78 is 28.3. The van der Waals surface area contributed by atoms with Gasteiger partial charge in [0.15, 0.2) is 0 Å². The van der Waals surface area contributed by atoms with Crippen LogP contribution in [0.4, 0.5) is 11.4 Å². The molecule has 0 radical (unpaired) electrons. The van der Waals surface area contributed by atoms with Gasteiger partial charge in [-0.25, -0.2) is 8.42 Å². The summed E-state index contributed by atoms with van der Waals surface area (Å²) in [5.41, 5.74) is 5.53. The lowest BCUT2D eigenvalue weighted by Gasteiger charge is -2.24. The molecular weight excluding hydrogens is 486 g/mol. The highest BCUT2D eigenvalue weighted by atomic mass is 32.2. The van der Waals surface area contributed by atoms with E-state index in [9.17, 15) is 13.2 Å². The summed E-state index contributed by atoms with van der Waals surface area (Å²) in [6.07, 6.45) is 5.41. The minimum Gasteiger partial charge on any atom is -0.371 e. The maximum atomic E-state index is 13.6. The van der Waals surface area contributed by atoms with E-state index in [0.29, 0.717) is 5.69 Å². The molecule has 1 aliphatic heterocycles. The molecule has 0 unspecified atom stereocenters. The highest BCUT2D eigenvalue weighted by Crippen LogP contribution is 2.36. The average Bonchev–Trinajstić information content (AvgIpc) is 3.58. The molecule has 8 nitrogen and oxygen atoms in total. The first-order valence-corrected chi connectivity index (χ1v) is 13.8. The van der Waals surface area contributed by atoms with Crippen molar-refractivity contribution in [3.63, 3.8) is 0 Å². The predicted molar refractivity (Wildman–Crippen MR) is 147 cm³/mol. The van der Waals surface area contributed by atoms with Crippen LogP contribution in [0.5, 0.6) is 0 Å². The van der Waals surface area contributed by atoms with Crippen molar-refractivity contribution in [2.24, 2.45) is 0 Å². The third kappa shape index (κ3) is 4.97. The van der Waals surface area contributed by atoms with Gasteiger partial charge in [-0.2, -0.15) is 4.31 Å². The molecule has 0 bridgehead atoms. The van der Waals surface area contributed by atoms with Crippen molar-refractivity contribution in [3.05, 3.63) is 72.6 Å². The first-order chi connectivity index (χ1) is 17.7. The van der Waals surface area contributed by atoms with Crippen molar-refractivity contribution in [1.29, 1.82) is 0 Å². The van der Waals surface area contributed by atoms with Gasteiger partial charge in [0.05, 0.1) is 11.4 Å². The van der Waals surface area contributed by atoms with Crippen molar-refractivity contribution in [2.45, 2.75) is 24.7 Å². The van der Waals surface area contributed by atoms with E-state index >= 15 is 0 Å². The van der Waals surface area contributed by atoms with Crippen LogP contribution >= 0.6 is 0 Å². The second-order valence-electron chi connectivity index (χ2n) is 9.57. The number of rotatable bonds is 7. The van der Waals surface area contributed by atoms with Crippen LogP contribution in [0.25, 0.3) is 22.2 Å². The molecule has 1 fully saturated rings. The van der Waals surface area contributed by atoms with Gasteiger partial charge in [-0.3, -0.25) is 9.78 Å². The molecule has 1 saturated heterocycles. The SMILES string of the molecule is Cc1ccc2cc(-c3cc(S(=O)(=O)N(C)CC(=O)N(C)c4ccncc4)ccc3N3CCCC3)[nH]c2c1. The number of anilines is 2. The number of benzene rings is 2. The number of nitrogens with zero attached hydrogens (tertiary/aromatic N) is 4. The van der Waals surface area contributed by atoms with Crippen LogP contribution in [0, 0.1) is 6.92 Å². The zero-order chi connectivity index (χ0) is 26.2. The smallest absolute Gasteiger partial charge is 0.243 e. The molecule has 0 saturated carbocycles. The van der Waals surface area contributed by atoms with E-state index in [-0.39, 0.29) is 17.3 Å². The molecule has 37 heavy (non-hydrogen) atoms. The summed E-state index contributed by atoms with van der Waals surface area (Å²) in [5.74, 6) is -0.336. The van der Waals surface area contributed by atoms with Gasteiger partial charge in [0.1, 0.15) is 0 Å². The number of likely N-dealkylation sites (N-methyl/N-ethyl adjacent to an activating group) is 2. The van der Waals surface area contributed by atoms with Gasteiger partial charge in [0, 0.05) is 73.1 Å². The van der Waals surface area contributed by atoms with Crippen LogP contribution in [0.15, 0.2) is 71.9 Å². The molecule has 192 valence electrons. The number of H-pyrrole nitrogens is 1. The van der Waals surface area contributed by atoms with Gasteiger partial charge >= 0.3 is 0 Å². The van der Waals surface area contributed by atoms with Crippen molar-refractivity contribution in [1.82, 2.24) is 14.3 Å². The molecular formula is C28H31N5O3S. The van der Waals surface area contributed by atoms with Crippen LogP contribution in [-0.4, -0.2) is 62.3 Å². The number of pyridine rings is 1. The Morgan fingerprint density at radius 3 is 2.46 bits per heavy atom. The van der Waals surface area contributed by atoms with Gasteiger partial charge in [-0.1, -0.05) is 12.1 Å². The topological polar surface area (TPSA) is 89.6 Å². The number of nitrogens with one attached hydrogen (secondary N) is 1. The quantitative estimate of drug-likeness (QED) is 0.392. The van der Waals surface area contributed by atoms with Crippen LogP contribution in [0.2, 0.25) is 0 Å². The third-order valence-corrected chi connectivity index (χ3v) is 8.77. The Labute approximate surface area is 217 Å². The lowest BCUT2D eigenvalue weighted by molar-refractivity contribution is -0.118. The molecule has 0 aliphatic carbocycles. The fraction of sp³-hybridized carbons (Fsp3) is 0.286. The molecule has 2 aromatic carbocycles. The Hall–Kier alpha value is -3.69. The number of amides is 1. The number of aromatic amines is 1. The Kier molecular flexibility index (Phi) is 6.74. The summed E-state index contributed by atoms with van der Waals surface area (Å²) in [6, 6.07) is 17.0. The molecule has 9 heteroatoms. The van der Waals surface area contributed by atoms with E-state index in [4.69, 9.17) is 0 Å². The summed E-state index contributed by atoms with van der Waals surface area (Å²) >= 11 is 0. The number of hydrogen-bond acceptors (Lipinski definition) is 5. The summed E-state index contributed by atoms with van der Waals surface area (Å²) in [6.45, 7) is 3.64. The lowest BCUT2D eigenvalue weighted by atomic mass is 10.1. The summed E-state index contributed by atoms with van der Waals surface area (Å²) in [4.78, 5) is 24.2. The minimum absolute atomic E-state index is 0.155. The summed E-state index contributed by atoms with van der Waals surface area (Å²) in [5, 5.41) is 1.07. The number of aromatic nitrogens is 2. The normalized spacial score (nSPS) is 14.0. The molecule has 1 amide bonds. The molecule has 1 aliphatic rings. The number of sulfonamides is 1. The molecule has 3 heterocycles. The fourth-order valence-electron chi connectivity index (χ4n) is 4.78. The van der Waals surface area contributed by atoms with E-state index in [1.807, 2.05) is 13.0 Å². The summed E-state index contributed by atoms with van der Waals surface area (Å²) in [7, 11) is -0.855. The lowest BCUT2D eigenvalue weighted by Crippen LogP contribution is -2.39. The largest absolute Gasteiger partial charge is 0.371 e. The van der Waals surface area contributed by atoms with Gasteiger partial charge < -0.3 is 14.8 Å². The number of fused-ring (bicyclic) bond motifs is 1. The van der Waals surface area contributed by atoms with E-state index in [0.717, 1.165) is 63.6 Å². The second kappa shape index (κ2) is 9.99. The Balaban J connectivity index is 1.48. The van der Waals surface area contributed by atoms with Crippen molar-refractivity contribution < 1.29 is 13.2 Å². The number of carbonyl (C=O) groups excluding carboxylic acids is 1. The minimum atomic E-state index is -3.92. The third-order valence-electron chi connectivity index (χ3n) is 6.97. The van der Waals surface area contributed by atoms with Crippen LogP contribution in [0.1, 0.15) is 18.4 Å².